The summed E-state index contributed by atoms with van der Waals surface area (Å²) in [7, 11) is 0. The SMILES string of the molecule is Cc1ccc(C(=O)N2CCC(CCC(=O)O)C2)cc1. The van der Waals surface area contributed by atoms with Crippen LogP contribution in [0.15, 0.2) is 24.3 Å². The fourth-order valence-electron chi connectivity index (χ4n) is 2.46. The quantitative estimate of drug-likeness (QED) is 0.905. The van der Waals surface area contributed by atoms with Gasteiger partial charge < -0.3 is 10.0 Å². The van der Waals surface area contributed by atoms with Gasteiger partial charge in [-0.2, -0.15) is 0 Å². The van der Waals surface area contributed by atoms with Gasteiger partial charge in [0.25, 0.3) is 5.91 Å². The van der Waals surface area contributed by atoms with Crippen LogP contribution < -0.4 is 0 Å². The van der Waals surface area contributed by atoms with E-state index in [9.17, 15) is 9.59 Å². The molecule has 0 aromatic heterocycles. The Kier molecular flexibility index (Phi) is 4.20. The monoisotopic (exact) mass is 261 g/mol. The summed E-state index contributed by atoms with van der Waals surface area (Å²) in [6.07, 6.45) is 1.76. The molecule has 1 N–H and O–H groups in total. The van der Waals surface area contributed by atoms with Crippen LogP contribution >= 0.6 is 0 Å². The van der Waals surface area contributed by atoms with Gasteiger partial charge in [-0.25, -0.2) is 0 Å². The fraction of sp³-hybridized carbons (Fsp3) is 0.467. The van der Waals surface area contributed by atoms with Crippen molar-refractivity contribution in [2.24, 2.45) is 5.92 Å². The van der Waals surface area contributed by atoms with Crippen molar-refractivity contribution in [2.75, 3.05) is 13.1 Å². The molecule has 4 nitrogen and oxygen atoms in total. The minimum atomic E-state index is -0.761. The zero-order valence-electron chi connectivity index (χ0n) is 11.1. The zero-order chi connectivity index (χ0) is 13.8. The largest absolute Gasteiger partial charge is 0.481 e. The molecule has 0 saturated carbocycles. The number of aliphatic carboxylic acids is 1. The molecule has 1 unspecified atom stereocenters. The van der Waals surface area contributed by atoms with Gasteiger partial charge in [0, 0.05) is 25.1 Å². The number of benzene rings is 1. The van der Waals surface area contributed by atoms with Crippen LogP contribution in [-0.4, -0.2) is 35.0 Å². The third kappa shape index (κ3) is 3.56. The third-order valence-corrected chi connectivity index (χ3v) is 3.64. The Morgan fingerprint density at radius 1 is 1.32 bits per heavy atom. The molecule has 0 spiro atoms. The van der Waals surface area contributed by atoms with Crippen molar-refractivity contribution >= 4 is 11.9 Å². The second-order valence-electron chi connectivity index (χ2n) is 5.20. The summed E-state index contributed by atoms with van der Waals surface area (Å²) in [5.74, 6) is -0.383. The Morgan fingerprint density at radius 2 is 2.00 bits per heavy atom. The van der Waals surface area contributed by atoms with E-state index < -0.39 is 5.97 Å². The normalized spacial score (nSPS) is 18.6. The Morgan fingerprint density at radius 3 is 2.63 bits per heavy atom. The molecular weight excluding hydrogens is 242 g/mol. The van der Waals surface area contributed by atoms with Gasteiger partial charge >= 0.3 is 5.97 Å². The highest BCUT2D eigenvalue weighted by Crippen LogP contribution is 2.22. The molecule has 0 bridgehead atoms. The summed E-state index contributed by atoms with van der Waals surface area (Å²) in [6.45, 7) is 3.41. The average molecular weight is 261 g/mol. The summed E-state index contributed by atoms with van der Waals surface area (Å²) in [5, 5.41) is 8.67. The Hall–Kier alpha value is -1.84. The number of amides is 1. The molecule has 1 aliphatic rings. The molecule has 1 aromatic rings. The highest BCUT2D eigenvalue weighted by atomic mass is 16.4. The van der Waals surface area contributed by atoms with E-state index in [4.69, 9.17) is 5.11 Å². The number of rotatable bonds is 4. The van der Waals surface area contributed by atoms with E-state index >= 15 is 0 Å². The maximum atomic E-state index is 12.3. The lowest BCUT2D eigenvalue weighted by atomic mass is 10.0. The van der Waals surface area contributed by atoms with Gasteiger partial charge in [0.15, 0.2) is 0 Å². The first-order valence-corrected chi connectivity index (χ1v) is 6.64. The molecule has 102 valence electrons. The van der Waals surface area contributed by atoms with Gasteiger partial charge in [0.2, 0.25) is 0 Å². The number of aryl methyl sites for hydroxylation is 1. The molecule has 4 heteroatoms. The van der Waals surface area contributed by atoms with Crippen molar-refractivity contribution in [2.45, 2.75) is 26.2 Å². The van der Waals surface area contributed by atoms with E-state index in [1.54, 1.807) is 0 Å². The molecule has 2 rings (SSSR count). The van der Waals surface area contributed by atoms with E-state index in [0.717, 1.165) is 18.5 Å². The van der Waals surface area contributed by atoms with Crippen LogP contribution in [0.4, 0.5) is 0 Å². The predicted octanol–water partition coefficient (Wildman–Crippen LogP) is 2.32. The molecule has 1 fully saturated rings. The number of hydrogen-bond donors (Lipinski definition) is 1. The van der Waals surface area contributed by atoms with Gasteiger partial charge in [0.05, 0.1) is 0 Å². The van der Waals surface area contributed by atoms with Crippen molar-refractivity contribution in [1.82, 2.24) is 4.90 Å². The number of nitrogens with zero attached hydrogens (tertiary/aromatic N) is 1. The zero-order valence-corrected chi connectivity index (χ0v) is 11.1. The third-order valence-electron chi connectivity index (χ3n) is 3.64. The number of carbonyl (C=O) groups is 2. The molecule has 1 aliphatic heterocycles. The smallest absolute Gasteiger partial charge is 0.303 e. The number of likely N-dealkylation sites (tertiary alicyclic amines) is 1. The predicted molar refractivity (Wildman–Crippen MR) is 72.1 cm³/mol. The lowest BCUT2D eigenvalue weighted by Gasteiger charge is -2.16. The summed E-state index contributed by atoms with van der Waals surface area (Å²) < 4.78 is 0. The first-order valence-electron chi connectivity index (χ1n) is 6.64. The highest BCUT2D eigenvalue weighted by molar-refractivity contribution is 5.94. The standard InChI is InChI=1S/C15H19NO3/c1-11-2-5-13(6-3-11)15(19)16-9-8-12(10-16)4-7-14(17)18/h2-3,5-6,12H,4,7-10H2,1H3,(H,17,18). The summed E-state index contributed by atoms with van der Waals surface area (Å²) in [5.41, 5.74) is 1.85. The van der Waals surface area contributed by atoms with E-state index in [1.165, 1.54) is 0 Å². The molecule has 1 atom stereocenters. The van der Waals surface area contributed by atoms with Crippen LogP contribution in [0.2, 0.25) is 0 Å². The van der Waals surface area contributed by atoms with Crippen molar-refractivity contribution in [1.29, 1.82) is 0 Å². The van der Waals surface area contributed by atoms with Crippen molar-refractivity contribution in [3.05, 3.63) is 35.4 Å². The van der Waals surface area contributed by atoms with Crippen molar-refractivity contribution < 1.29 is 14.7 Å². The average Bonchev–Trinajstić information content (AvgIpc) is 2.85. The van der Waals surface area contributed by atoms with Gasteiger partial charge in [-0.1, -0.05) is 17.7 Å². The van der Waals surface area contributed by atoms with Crippen molar-refractivity contribution in [3.63, 3.8) is 0 Å². The maximum absolute atomic E-state index is 12.3. The molecule has 1 amide bonds. The second kappa shape index (κ2) is 5.87. The molecule has 19 heavy (non-hydrogen) atoms. The van der Waals surface area contributed by atoms with Crippen LogP contribution in [0.25, 0.3) is 0 Å². The summed E-state index contributed by atoms with van der Waals surface area (Å²) in [6, 6.07) is 7.57. The Bertz CT molecular complexity index is 467. The van der Waals surface area contributed by atoms with E-state index in [-0.39, 0.29) is 12.3 Å². The Balaban J connectivity index is 1.91. The van der Waals surface area contributed by atoms with E-state index in [0.29, 0.717) is 24.4 Å². The molecule has 1 aromatic carbocycles. The minimum absolute atomic E-state index is 0.0535. The van der Waals surface area contributed by atoms with Crippen LogP contribution in [-0.2, 0) is 4.79 Å². The fourth-order valence-corrected chi connectivity index (χ4v) is 2.46. The van der Waals surface area contributed by atoms with E-state index in [1.807, 2.05) is 36.1 Å². The molecular formula is C15H19NO3. The summed E-state index contributed by atoms with van der Waals surface area (Å²) >= 11 is 0. The summed E-state index contributed by atoms with van der Waals surface area (Å²) in [4.78, 5) is 24.6. The number of carbonyl (C=O) groups excluding carboxylic acids is 1. The van der Waals surface area contributed by atoms with Gasteiger partial charge in [-0.05, 0) is 37.8 Å². The first-order chi connectivity index (χ1) is 9.06. The molecule has 0 aliphatic carbocycles. The Labute approximate surface area is 113 Å². The highest BCUT2D eigenvalue weighted by Gasteiger charge is 2.26. The van der Waals surface area contributed by atoms with Crippen LogP contribution in [0.1, 0.15) is 35.2 Å². The molecule has 1 saturated heterocycles. The van der Waals surface area contributed by atoms with Gasteiger partial charge in [-0.15, -0.1) is 0 Å². The van der Waals surface area contributed by atoms with E-state index in [2.05, 4.69) is 0 Å². The molecule has 0 radical (unpaired) electrons. The van der Waals surface area contributed by atoms with Crippen LogP contribution in [0, 0.1) is 12.8 Å². The van der Waals surface area contributed by atoms with Crippen LogP contribution in [0.3, 0.4) is 0 Å². The molecule has 1 heterocycles. The van der Waals surface area contributed by atoms with Gasteiger partial charge in [-0.3, -0.25) is 9.59 Å². The van der Waals surface area contributed by atoms with Crippen LogP contribution in [0.5, 0.6) is 0 Å². The first kappa shape index (κ1) is 13.6. The number of hydrogen-bond acceptors (Lipinski definition) is 2. The number of carboxylic acid groups (broad SMARTS) is 1. The lowest BCUT2D eigenvalue weighted by Crippen LogP contribution is -2.28. The second-order valence-corrected chi connectivity index (χ2v) is 5.20. The lowest BCUT2D eigenvalue weighted by molar-refractivity contribution is -0.137. The maximum Gasteiger partial charge on any atom is 0.303 e. The number of carboxylic acids is 1. The van der Waals surface area contributed by atoms with Crippen molar-refractivity contribution in [3.8, 4) is 0 Å². The minimum Gasteiger partial charge on any atom is -0.481 e. The topological polar surface area (TPSA) is 57.6 Å². The van der Waals surface area contributed by atoms with Gasteiger partial charge in [0.1, 0.15) is 0 Å².